The van der Waals surface area contributed by atoms with Gasteiger partial charge >= 0.3 is 5.97 Å². The summed E-state index contributed by atoms with van der Waals surface area (Å²) in [5.74, 6) is -1.32. The SMILES string of the molecule is CCOCCS(=O)(=O)N1Cc2ccccc2C[C@H]1C(=O)O. The molecule has 1 aliphatic heterocycles. The summed E-state index contributed by atoms with van der Waals surface area (Å²) in [5.41, 5.74) is 1.75. The van der Waals surface area contributed by atoms with E-state index in [1.807, 2.05) is 24.3 Å². The molecule has 0 aliphatic carbocycles. The number of nitrogens with zero attached hydrogens (tertiary/aromatic N) is 1. The summed E-state index contributed by atoms with van der Waals surface area (Å²) < 4.78 is 30.9. The lowest BCUT2D eigenvalue weighted by atomic mass is 9.96. The van der Waals surface area contributed by atoms with Gasteiger partial charge in [-0.3, -0.25) is 4.79 Å². The van der Waals surface area contributed by atoms with Crippen molar-refractivity contribution in [3.8, 4) is 0 Å². The van der Waals surface area contributed by atoms with Crippen LogP contribution in [-0.2, 0) is 32.5 Å². The highest BCUT2D eigenvalue weighted by Gasteiger charge is 2.38. The summed E-state index contributed by atoms with van der Waals surface area (Å²) in [4.78, 5) is 11.4. The maximum absolute atomic E-state index is 12.4. The van der Waals surface area contributed by atoms with Crippen molar-refractivity contribution in [2.45, 2.75) is 25.9 Å². The van der Waals surface area contributed by atoms with Crippen LogP contribution in [0.1, 0.15) is 18.1 Å². The molecule has 0 bridgehead atoms. The van der Waals surface area contributed by atoms with Gasteiger partial charge in [-0.1, -0.05) is 24.3 Å². The first-order valence-electron chi connectivity index (χ1n) is 6.82. The Balaban J connectivity index is 2.26. The van der Waals surface area contributed by atoms with Gasteiger partial charge in [0.1, 0.15) is 6.04 Å². The van der Waals surface area contributed by atoms with Gasteiger partial charge in [0.2, 0.25) is 10.0 Å². The smallest absolute Gasteiger partial charge is 0.322 e. The van der Waals surface area contributed by atoms with Gasteiger partial charge in [-0.2, -0.15) is 4.31 Å². The quantitative estimate of drug-likeness (QED) is 0.788. The summed E-state index contributed by atoms with van der Waals surface area (Å²) >= 11 is 0. The molecule has 1 atom stereocenters. The molecule has 1 aromatic carbocycles. The first kappa shape index (κ1) is 15.9. The second-order valence-corrected chi connectivity index (χ2v) is 6.93. The van der Waals surface area contributed by atoms with Crippen molar-refractivity contribution < 1.29 is 23.1 Å². The highest BCUT2D eigenvalue weighted by atomic mass is 32.2. The van der Waals surface area contributed by atoms with Gasteiger partial charge in [-0.05, 0) is 18.1 Å². The second-order valence-electron chi connectivity index (χ2n) is 4.89. The van der Waals surface area contributed by atoms with Crippen LogP contribution in [0, 0.1) is 0 Å². The number of hydrogen-bond acceptors (Lipinski definition) is 4. The molecule has 0 unspecified atom stereocenters. The fourth-order valence-electron chi connectivity index (χ4n) is 2.43. The number of rotatable bonds is 6. The zero-order valence-electron chi connectivity index (χ0n) is 11.9. The second kappa shape index (κ2) is 6.55. The van der Waals surface area contributed by atoms with Crippen LogP contribution in [0.3, 0.4) is 0 Å². The topological polar surface area (TPSA) is 83.9 Å². The average Bonchev–Trinajstić information content (AvgIpc) is 2.46. The van der Waals surface area contributed by atoms with E-state index in [2.05, 4.69) is 0 Å². The van der Waals surface area contributed by atoms with Crippen LogP contribution in [0.2, 0.25) is 0 Å². The number of sulfonamides is 1. The summed E-state index contributed by atoms with van der Waals surface area (Å²) in [7, 11) is -3.66. The molecule has 116 valence electrons. The van der Waals surface area contributed by atoms with E-state index in [4.69, 9.17) is 4.74 Å². The molecular formula is C14H19NO5S. The molecule has 0 saturated carbocycles. The number of carboxylic acid groups (broad SMARTS) is 1. The highest BCUT2D eigenvalue weighted by molar-refractivity contribution is 7.89. The Morgan fingerprint density at radius 1 is 1.38 bits per heavy atom. The first-order valence-corrected chi connectivity index (χ1v) is 8.43. The molecule has 0 aromatic heterocycles. The van der Waals surface area contributed by atoms with Crippen molar-refractivity contribution in [2.24, 2.45) is 0 Å². The Labute approximate surface area is 124 Å². The predicted octanol–water partition coefficient (Wildman–Crippen LogP) is 0.864. The predicted molar refractivity (Wildman–Crippen MR) is 77.4 cm³/mol. The Kier molecular flexibility index (Phi) is 4.97. The van der Waals surface area contributed by atoms with Gasteiger partial charge in [-0.25, -0.2) is 8.42 Å². The van der Waals surface area contributed by atoms with E-state index in [9.17, 15) is 18.3 Å². The fraction of sp³-hybridized carbons (Fsp3) is 0.500. The molecule has 1 heterocycles. The van der Waals surface area contributed by atoms with E-state index in [1.54, 1.807) is 6.92 Å². The summed E-state index contributed by atoms with van der Waals surface area (Å²) in [6.45, 7) is 2.38. The van der Waals surface area contributed by atoms with Gasteiger partial charge in [-0.15, -0.1) is 0 Å². The first-order chi connectivity index (χ1) is 9.95. The average molecular weight is 313 g/mol. The number of hydrogen-bond donors (Lipinski definition) is 1. The lowest BCUT2D eigenvalue weighted by Crippen LogP contribution is -2.49. The summed E-state index contributed by atoms with van der Waals surface area (Å²) in [6.07, 6.45) is 0.194. The van der Waals surface area contributed by atoms with Crippen molar-refractivity contribution in [3.63, 3.8) is 0 Å². The molecule has 0 fully saturated rings. The van der Waals surface area contributed by atoms with Gasteiger partial charge in [0.05, 0.1) is 12.4 Å². The van der Waals surface area contributed by atoms with E-state index < -0.39 is 22.0 Å². The normalized spacial score (nSPS) is 19.2. The lowest BCUT2D eigenvalue weighted by Gasteiger charge is -2.33. The molecule has 21 heavy (non-hydrogen) atoms. The van der Waals surface area contributed by atoms with E-state index in [0.717, 1.165) is 15.4 Å². The van der Waals surface area contributed by atoms with Crippen LogP contribution >= 0.6 is 0 Å². The van der Waals surface area contributed by atoms with E-state index >= 15 is 0 Å². The van der Waals surface area contributed by atoms with E-state index in [0.29, 0.717) is 6.61 Å². The van der Waals surface area contributed by atoms with Gasteiger partial charge in [0.25, 0.3) is 0 Å². The van der Waals surface area contributed by atoms with Crippen molar-refractivity contribution >= 4 is 16.0 Å². The van der Waals surface area contributed by atoms with E-state index in [-0.39, 0.29) is 25.3 Å². The third-order valence-electron chi connectivity index (χ3n) is 3.54. The largest absolute Gasteiger partial charge is 0.480 e. The molecule has 1 N–H and O–H groups in total. The minimum atomic E-state index is -3.66. The number of ether oxygens (including phenoxy) is 1. The van der Waals surface area contributed by atoms with Crippen molar-refractivity contribution in [1.29, 1.82) is 0 Å². The minimum Gasteiger partial charge on any atom is -0.480 e. The third kappa shape index (κ3) is 3.61. The maximum atomic E-state index is 12.4. The van der Waals surface area contributed by atoms with Crippen LogP contribution < -0.4 is 0 Å². The monoisotopic (exact) mass is 313 g/mol. The van der Waals surface area contributed by atoms with Crippen LogP contribution in [0.15, 0.2) is 24.3 Å². The maximum Gasteiger partial charge on any atom is 0.322 e. The Morgan fingerprint density at radius 3 is 2.67 bits per heavy atom. The van der Waals surface area contributed by atoms with Gasteiger partial charge in [0.15, 0.2) is 0 Å². The molecular weight excluding hydrogens is 294 g/mol. The zero-order chi connectivity index (χ0) is 15.5. The highest BCUT2D eigenvalue weighted by Crippen LogP contribution is 2.26. The molecule has 1 aliphatic rings. The zero-order valence-corrected chi connectivity index (χ0v) is 12.7. The van der Waals surface area contributed by atoms with Gasteiger partial charge in [0, 0.05) is 19.6 Å². The summed E-state index contributed by atoms with van der Waals surface area (Å²) in [6, 6.07) is 6.28. The molecule has 7 heteroatoms. The van der Waals surface area contributed by atoms with Crippen molar-refractivity contribution in [2.75, 3.05) is 19.0 Å². The third-order valence-corrected chi connectivity index (χ3v) is 5.32. The van der Waals surface area contributed by atoms with Crippen LogP contribution in [-0.4, -0.2) is 48.8 Å². The molecule has 6 nitrogen and oxygen atoms in total. The van der Waals surface area contributed by atoms with Gasteiger partial charge < -0.3 is 9.84 Å². The fourth-order valence-corrected chi connectivity index (χ4v) is 3.88. The number of carbonyl (C=O) groups is 1. The Morgan fingerprint density at radius 2 is 2.05 bits per heavy atom. The molecule has 0 amide bonds. The minimum absolute atomic E-state index is 0.0727. The molecule has 0 radical (unpaired) electrons. The van der Waals surface area contributed by atoms with Crippen molar-refractivity contribution in [1.82, 2.24) is 4.31 Å². The number of carboxylic acids is 1. The number of benzene rings is 1. The standard InChI is InChI=1S/C14H19NO5S/c1-2-20-7-8-21(18,19)15-10-12-6-4-3-5-11(12)9-13(15)14(16)17/h3-6,13H,2,7-10H2,1H3,(H,16,17)/t13-/m0/s1. The summed E-state index contributed by atoms with van der Waals surface area (Å²) in [5, 5.41) is 9.33. The number of aliphatic carboxylic acids is 1. The van der Waals surface area contributed by atoms with Crippen LogP contribution in [0.5, 0.6) is 0 Å². The van der Waals surface area contributed by atoms with Crippen LogP contribution in [0.4, 0.5) is 0 Å². The molecule has 2 rings (SSSR count). The lowest BCUT2D eigenvalue weighted by molar-refractivity contribution is -0.141. The van der Waals surface area contributed by atoms with E-state index in [1.165, 1.54) is 0 Å². The van der Waals surface area contributed by atoms with Crippen molar-refractivity contribution in [3.05, 3.63) is 35.4 Å². The Hall–Kier alpha value is -1.44. The molecule has 0 saturated heterocycles. The molecule has 1 aromatic rings. The molecule has 0 spiro atoms. The number of fused-ring (bicyclic) bond motifs is 1. The Bertz CT molecular complexity index is 614. The van der Waals surface area contributed by atoms with Crippen LogP contribution in [0.25, 0.3) is 0 Å².